The van der Waals surface area contributed by atoms with Gasteiger partial charge >= 0.3 is 0 Å². The molecule has 0 radical (unpaired) electrons. The third-order valence-electron chi connectivity index (χ3n) is 7.36. The summed E-state index contributed by atoms with van der Waals surface area (Å²) in [7, 11) is 0. The van der Waals surface area contributed by atoms with Crippen molar-refractivity contribution < 1.29 is 0 Å². The first-order chi connectivity index (χ1) is 16.5. The Labute approximate surface area is 198 Å². The van der Waals surface area contributed by atoms with Gasteiger partial charge in [-0.25, -0.2) is 0 Å². The van der Waals surface area contributed by atoms with Gasteiger partial charge in [-0.05, 0) is 52.6 Å². The van der Waals surface area contributed by atoms with Gasteiger partial charge in [0.05, 0.1) is 39.8 Å². The van der Waals surface area contributed by atoms with E-state index in [9.17, 15) is 10.5 Å². The molecule has 0 saturated carbocycles. The summed E-state index contributed by atoms with van der Waals surface area (Å²) >= 11 is 0. The Morgan fingerprint density at radius 3 is 2.00 bits per heavy atom. The largest absolute Gasteiger partial charge is 0.308 e. The quantitative estimate of drug-likeness (QED) is 0.242. The van der Waals surface area contributed by atoms with Crippen molar-refractivity contribution in [2.45, 2.75) is 33.1 Å². The zero-order valence-corrected chi connectivity index (χ0v) is 19.7. The van der Waals surface area contributed by atoms with Crippen molar-refractivity contribution in [1.29, 1.82) is 10.5 Å². The number of fused-ring (bicyclic) bond motifs is 10. The van der Waals surface area contributed by atoms with E-state index in [1.165, 1.54) is 38.5 Å². The maximum atomic E-state index is 9.58. The molecule has 0 unspecified atom stereocenters. The van der Waals surface area contributed by atoms with Crippen LogP contribution in [-0.4, -0.2) is 4.40 Å². The van der Waals surface area contributed by atoms with Crippen LogP contribution in [0.4, 0.5) is 0 Å². The molecule has 0 atom stereocenters. The third-order valence-corrected chi connectivity index (χ3v) is 7.36. The van der Waals surface area contributed by atoms with Gasteiger partial charge in [0.1, 0.15) is 0 Å². The van der Waals surface area contributed by atoms with E-state index < -0.39 is 0 Å². The highest BCUT2D eigenvalue weighted by Gasteiger charge is 2.38. The first-order valence-electron chi connectivity index (χ1n) is 11.7. The van der Waals surface area contributed by atoms with E-state index >= 15 is 0 Å². The molecule has 3 heteroatoms. The fourth-order valence-electron chi connectivity index (χ4n) is 5.92. The van der Waals surface area contributed by atoms with Gasteiger partial charge in [0.2, 0.25) is 0 Å². The molecule has 2 aromatic heterocycles. The molecule has 4 aromatic carbocycles. The van der Waals surface area contributed by atoms with Gasteiger partial charge in [0.25, 0.3) is 0 Å². The van der Waals surface area contributed by atoms with E-state index in [0.29, 0.717) is 11.1 Å². The summed E-state index contributed by atoms with van der Waals surface area (Å²) in [6.07, 6.45) is 0. The van der Waals surface area contributed by atoms with Crippen LogP contribution in [0.3, 0.4) is 0 Å². The topological polar surface area (TPSA) is 52.0 Å². The van der Waals surface area contributed by atoms with Crippen LogP contribution in [0.2, 0.25) is 0 Å². The maximum Gasteiger partial charge on any atom is 0.0992 e. The summed E-state index contributed by atoms with van der Waals surface area (Å²) in [5, 5.41) is 23.8. The number of hydrogen-bond acceptors (Lipinski definition) is 2. The molecular formula is C31H23N3. The maximum absolute atomic E-state index is 9.58. The molecule has 162 valence electrons. The molecule has 0 N–H and O–H groups in total. The minimum Gasteiger partial charge on any atom is -0.308 e. The first-order valence-corrected chi connectivity index (χ1v) is 11.7. The SMILES string of the molecule is CC.CC1(C)c2ccccc2-c2c1cc1c3ccc(C#N)cc3n3c4cc(C#N)ccc4c2c13. The molecule has 0 spiro atoms. The molecule has 1 aliphatic carbocycles. The smallest absolute Gasteiger partial charge is 0.0992 e. The van der Waals surface area contributed by atoms with Crippen LogP contribution in [-0.2, 0) is 5.41 Å². The lowest BCUT2D eigenvalue weighted by atomic mass is 9.81. The third kappa shape index (κ3) is 2.29. The molecule has 1 aliphatic rings. The highest BCUT2D eigenvalue weighted by molar-refractivity contribution is 6.28. The van der Waals surface area contributed by atoms with E-state index in [-0.39, 0.29) is 5.41 Å². The van der Waals surface area contributed by atoms with Crippen molar-refractivity contribution >= 4 is 38.1 Å². The molecule has 0 amide bonds. The average Bonchev–Trinajstić information content (AvgIpc) is 3.47. The van der Waals surface area contributed by atoms with Gasteiger partial charge in [-0.2, -0.15) is 10.5 Å². The summed E-state index contributed by atoms with van der Waals surface area (Å²) in [4.78, 5) is 0. The number of nitrogens with zero attached hydrogens (tertiary/aromatic N) is 3. The van der Waals surface area contributed by atoms with Crippen molar-refractivity contribution in [3.05, 3.63) is 89.0 Å². The van der Waals surface area contributed by atoms with Crippen molar-refractivity contribution in [3.8, 4) is 23.3 Å². The van der Waals surface area contributed by atoms with Crippen molar-refractivity contribution in [3.63, 3.8) is 0 Å². The van der Waals surface area contributed by atoms with Crippen LogP contribution >= 0.6 is 0 Å². The lowest BCUT2D eigenvalue weighted by Gasteiger charge is -2.21. The van der Waals surface area contributed by atoms with E-state index in [1.54, 1.807) is 0 Å². The van der Waals surface area contributed by atoms with E-state index in [0.717, 1.165) is 21.8 Å². The Morgan fingerprint density at radius 2 is 1.32 bits per heavy atom. The molecule has 7 rings (SSSR count). The van der Waals surface area contributed by atoms with Crippen LogP contribution in [0.25, 0.3) is 49.2 Å². The van der Waals surface area contributed by atoms with Crippen LogP contribution in [0.5, 0.6) is 0 Å². The number of hydrogen-bond donors (Lipinski definition) is 0. The molecule has 0 saturated heterocycles. The van der Waals surface area contributed by atoms with Gasteiger partial charge in [-0.3, -0.25) is 0 Å². The van der Waals surface area contributed by atoms with E-state index in [4.69, 9.17) is 0 Å². The molecule has 6 aromatic rings. The molecule has 0 fully saturated rings. The lowest BCUT2D eigenvalue weighted by molar-refractivity contribution is 0.661. The van der Waals surface area contributed by atoms with Crippen LogP contribution < -0.4 is 0 Å². The van der Waals surface area contributed by atoms with Gasteiger partial charge in [0.15, 0.2) is 0 Å². The van der Waals surface area contributed by atoms with Crippen LogP contribution in [0.15, 0.2) is 66.7 Å². The zero-order valence-electron chi connectivity index (χ0n) is 19.7. The van der Waals surface area contributed by atoms with Crippen molar-refractivity contribution in [1.82, 2.24) is 4.40 Å². The second-order valence-corrected chi connectivity index (χ2v) is 9.26. The van der Waals surface area contributed by atoms with Gasteiger partial charge in [-0.1, -0.05) is 64.1 Å². The zero-order chi connectivity index (χ0) is 23.8. The summed E-state index contributed by atoms with van der Waals surface area (Å²) in [5.74, 6) is 0. The molecule has 3 nitrogen and oxygen atoms in total. The minimum absolute atomic E-state index is 0.104. The Kier molecular flexibility index (Phi) is 4.07. The van der Waals surface area contributed by atoms with E-state index in [2.05, 4.69) is 72.9 Å². The van der Waals surface area contributed by atoms with Crippen LogP contribution in [0, 0.1) is 22.7 Å². The second kappa shape index (κ2) is 6.83. The van der Waals surface area contributed by atoms with Gasteiger partial charge < -0.3 is 4.40 Å². The molecule has 0 aliphatic heterocycles. The van der Waals surface area contributed by atoms with Gasteiger partial charge in [-0.15, -0.1) is 0 Å². The molecule has 0 bridgehead atoms. The van der Waals surface area contributed by atoms with E-state index in [1.807, 2.05) is 38.1 Å². The predicted octanol–water partition coefficient (Wildman–Crippen LogP) is 7.91. The Hall–Kier alpha value is -4.34. The number of nitriles is 2. The summed E-state index contributed by atoms with van der Waals surface area (Å²) in [6.45, 7) is 8.61. The lowest BCUT2D eigenvalue weighted by Crippen LogP contribution is -2.14. The predicted molar refractivity (Wildman–Crippen MR) is 139 cm³/mol. The Balaban J connectivity index is 0.00000106. The average molecular weight is 438 g/mol. The number of rotatable bonds is 0. The summed E-state index contributed by atoms with van der Waals surface area (Å²) < 4.78 is 2.26. The Bertz CT molecular complexity index is 1870. The highest BCUT2D eigenvalue weighted by atomic mass is 14.9. The first kappa shape index (κ1) is 20.3. The summed E-state index contributed by atoms with van der Waals surface area (Å²) in [6, 6.07) is 27.6. The van der Waals surface area contributed by atoms with Crippen molar-refractivity contribution in [2.75, 3.05) is 0 Å². The van der Waals surface area contributed by atoms with Crippen LogP contribution in [0.1, 0.15) is 49.9 Å². The summed E-state index contributed by atoms with van der Waals surface area (Å²) in [5.41, 5.74) is 9.65. The fraction of sp³-hybridized carbons (Fsp3) is 0.161. The number of benzene rings is 4. The second-order valence-electron chi connectivity index (χ2n) is 9.26. The molecule has 2 heterocycles. The Morgan fingerprint density at radius 1 is 0.706 bits per heavy atom. The molecule has 34 heavy (non-hydrogen) atoms. The molecular weight excluding hydrogens is 414 g/mol. The standard InChI is InChI=1S/C29H17N3.C2H6/c1-29(2)22-6-4-3-5-19(22)26-23(29)13-21-18-9-7-16(14-30)11-24(18)32-25-12-17(15-31)8-10-20(25)27(26)28(21)32;1-2/h3-13H,1-2H3;1-2H3. The van der Waals surface area contributed by atoms with Gasteiger partial charge in [0, 0.05) is 27.0 Å². The monoisotopic (exact) mass is 437 g/mol. The van der Waals surface area contributed by atoms with Crippen molar-refractivity contribution in [2.24, 2.45) is 0 Å². The minimum atomic E-state index is -0.104. The highest BCUT2D eigenvalue weighted by Crippen LogP contribution is 2.55. The number of aromatic nitrogens is 1. The fourth-order valence-corrected chi connectivity index (χ4v) is 5.92. The normalized spacial score (nSPS) is 13.5.